The first-order valence-electron chi connectivity index (χ1n) is 5.62. The summed E-state index contributed by atoms with van der Waals surface area (Å²) in [5, 5.41) is 14.0. The highest BCUT2D eigenvalue weighted by Crippen LogP contribution is 2.07. The summed E-state index contributed by atoms with van der Waals surface area (Å²) in [5.74, 6) is 0.271. The summed E-state index contributed by atoms with van der Waals surface area (Å²) >= 11 is 0. The Hall–Kier alpha value is -2.24. The highest BCUT2D eigenvalue weighted by molar-refractivity contribution is 5.90. The molecule has 1 aromatic carbocycles. The molecule has 0 saturated carbocycles. The van der Waals surface area contributed by atoms with Gasteiger partial charge in [0.15, 0.2) is 12.4 Å². The Labute approximate surface area is 105 Å². The number of para-hydroxylation sites is 1. The third kappa shape index (κ3) is 4.32. The first kappa shape index (κ1) is 13.8. The van der Waals surface area contributed by atoms with Gasteiger partial charge in [0.1, 0.15) is 5.75 Å². The van der Waals surface area contributed by atoms with Crippen molar-refractivity contribution in [3.63, 3.8) is 0 Å². The zero-order valence-corrected chi connectivity index (χ0v) is 10.2. The van der Waals surface area contributed by atoms with Crippen LogP contribution in [-0.2, 0) is 4.79 Å². The van der Waals surface area contributed by atoms with E-state index in [4.69, 9.17) is 15.7 Å². The van der Waals surface area contributed by atoms with Crippen LogP contribution in [-0.4, -0.2) is 29.6 Å². The van der Waals surface area contributed by atoms with Crippen LogP contribution in [0.25, 0.3) is 0 Å². The number of carbonyl (C=O) groups is 1. The zero-order valence-electron chi connectivity index (χ0n) is 10.2. The van der Waals surface area contributed by atoms with Crippen LogP contribution in [0.2, 0.25) is 0 Å². The van der Waals surface area contributed by atoms with Crippen molar-refractivity contribution in [3.8, 4) is 5.75 Å². The minimum absolute atomic E-state index is 0.0226. The van der Waals surface area contributed by atoms with Gasteiger partial charge in [0.25, 0.3) is 5.91 Å². The number of nitrogens with two attached hydrogens (primary N) is 1. The molecule has 98 valence electrons. The van der Waals surface area contributed by atoms with Crippen molar-refractivity contribution in [2.45, 2.75) is 19.4 Å². The van der Waals surface area contributed by atoms with Gasteiger partial charge in [-0.3, -0.25) is 4.79 Å². The molecule has 1 amide bonds. The van der Waals surface area contributed by atoms with Gasteiger partial charge in [0.05, 0.1) is 6.04 Å². The lowest BCUT2D eigenvalue weighted by atomic mass is 10.2. The Kier molecular flexibility index (Phi) is 5.50. The predicted molar refractivity (Wildman–Crippen MR) is 67.6 cm³/mol. The lowest BCUT2D eigenvalue weighted by Gasteiger charge is -2.15. The Morgan fingerprint density at radius 2 is 2.17 bits per heavy atom. The van der Waals surface area contributed by atoms with E-state index < -0.39 is 6.04 Å². The monoisotopic (exact) mass is 251 g/mol. The topological polar surface area (TPSA) is 96.9 Å². The molecular formula is C12H17N3O3. The molecule has 1 rings (SSSR count). The molecule has 0 aromatic heterocycles. The molecule has 1 atom stereocenters. The average molecular weight is 251 g/mol. The number of nitrogens with one attached hydrogen (secondary N) is 1. The Bertz CT molecular complexity index is 406. The summed E-state index contributed by atoms with van der Waals surface area (Å²) in [5.41, 5.74) is 5.43. The molecule has 18 heavy (non-hydrogen) atoms. The van der Waals surface area contributed by atoms with E-state index in [1.54, 1.807) is 12.1 Å². The van der Waals surface area contributed by atoms with E-state index in [9.17, 15) is 4.79 Å². The zero-order chi connectivity index (χ0) is 13.4. The van der Waals surface area contributed by atoms with Crippen LogP contribution in [0.4, 0.5) is 0 Å². The maximum Gasteiger partial charge on any atom is 0.258 e. The lowest BCUT2D eigenvalue weighted by molar-refractivity contribution is -0.123. The van der Waals surface area contributed by atoms with Crippen molar-refractivity contribution < 1.29 is 14.7 Å². The summed E-state index contributed by atoms with van der Waals surface area (Å²) in [7, 11) is 0. The number of rotatable bonds is 6. The SMILES string of the molecule is CCC(NC(=O)COc1ccccc1)/C(N)=N/O. The minimum atomic E-state index is -0.484. The van der Waals surface area contributed by atoms with Crippen LogP contribution in [0.3, 0.4) is 0 Å². The van der Waals surface area contributed by atoms with E-state index in [1.807, 2.05) is 25.1 Å². The second-order valence-electron chi connectivity index (χ2n) is 3.65. The summed E-state index contributed by atoms with van der Waals surface area (Å²) in [6.45, 7) is 1.71. The number of hydrogen-bond donors (Lipinski definition) is 3. The fourth-order valence-electron chi connectivity index (χ4n) is 1.36. The molecular weight excluding hydrogens is 234 g/mol. The maximum absolute atomic E-state index is 11.6. The van der Waals surface area contributed by atoms with Gasteiger partial charge in [-0.1, -0.05) is 30.3 Å². The third-order valence-corrected chi connectivity index (χ3v) is 2.33. The van der Waals surface area contributed by atoms with Crippen molar-refractivity contribution in [3.05, 3.63) is 30.3 Å². The molecule has 0 aliphatic rings. The van der Waals surface area contributed by atoms with E-state index in [2.05, 4.69) is 10.5 Å². The molecule has 6 heteroatoms. The number of benzene rings is 1. The van der Waals surface area contributed by atoms with Crippen molar-refractivity contribution in [1.82, 2.24) is 5.32 Å². The molecule has 6 nitrogen and oxygen atoms in total. The summed E-state index contributed by atoms with van der Waals surface area (Å²) < 4.78 is 5.27. The van der Waals surface area contributed by atoms with Gasteiger partial charge in [-0.05, 0) is 18.6 Å². The van der Waals surface area contributed by atoms with Crippen LogP contribution >= 0.6 is 0 Å². The molecule has 0 bridgehead atoms. The number of ether oxygens (including phenoxy) is 1. The molecule has 0 radical (unpaired) electrons. The molecule has 4 N–H and O–H groups in total. The summed E-state index contributed by atoms with van der Waals surface area (Å²) in [4.78, 5) is 11.6. The second kappa shape index (κ2) is 7.16. The lowest BCUT2D eigenvalue weighted by Crippen LogP contribution is -2.45. The van der Waals surface area contributed by atoms with Crippen molar-refractivity contribution in [2.24, 2.45) is 10.9 Å². The van der Waals surface area contributed by atoms with Crippen LogP contribution in [0, 0.1) is 0 Å². The standard InChI is InChI=1S/C12H17N3O3/c1-2-10(12(13)15-17)14-11(16)8-18-9-6-4-3-5-7-9/h3-7,10,17H,2,8H2,1H3,(H2,13,15)(H,14,16). The largest absolute Gasteiger partial charge is 0.484 e. The van der Waals surface area contributed by atoms with Gasteiger partial charge in [0.2, 0.25) is 0 Å². The summed E-state index contributed by atoms with van der Waals surface area (Å²) in [6, 6.07) is 8.53. The Morgan fingerprint density at radius 3 is 2.72 bits per heavy atom. The third-order valence-electron chi connectivity index (χ3n) is 2.33. The Morgan fingerprint density at radius 1 is 1.50 bits per heavy atom. The van der Waals surface area contributed by atoms with Crippen molar-refractivity contribution >= 4 is 11.7 Å². The molecule has 0 aliphatic carbocycles. The van der Waals surface area contributed by atoms with Gasteiger partial charge >= 0.3 is 0 Å². The molecule has 0 saturated heterocycles. The number of hydrogen-bond acceptors (Lipinski definition) is 4. The number of nitrogens with zero attached hydrogens (tertiary/aromatic N) is 1. The molecule has 0 aliphatic heterocycles. The highest BCUT2D eigenvalue weighted by Gasteiger charge is 2.14. The van der Waals surface area contributed by atoms with E-state index in [0.717, 1.165) is 0 Å². The highest BCUT2D eigenvalue weighted by atomic mass is 16.5. The van der Waals surface area contributed by atoms with Crippen LogP contribution < -0.4 is 15.8 Å². The van der Waals surface area contributed by atoms with Crippen LogP contribution in [0.5, 0.6) is 5.75 Å². The van der Waals surface area contributed by atoms with Gasteiger partial charge in [-0.15, -0.1) is 0 Å². The first-order valence-corrected chi connectivity index (χ1v) is 5.62. The molecule has 0 heterocycles. The number of oxime groups is 1. The van der Waals surface area contributed by atoms with Crippen molar-refractivity contribution in [2.75, 3.05) is 6.61 Å². The molecule has 1 unspecified atom stereocenters. The van der Waals surface area contributed by atoms with Gasteiger partial charge in [-0.2, -0.15) is 0 Å². The first-order chi connectivity index (χ1) is 8.67. The van der Waals surface area contributed by atoms with Gasteiger partial charge < -0.3 is 21.0 Å². The molecule has 0 spiro atoms. The Balaban J connectivity index is 2.42. The van der Waals surface area contributed by atoms with Gasteiger partial charge in [0, 0.05) is 0 Å². The number of amidine groups is 1. The fraction of sp³-hybridized carbons (Fsp3) is 0.333. The maximum atomic E-state index is 11.6. The summed E-state index contributed by atoms with van der Waals surface area (Å²) in [6.07, 6.45) is 0.535. The normalized spacial score (nSPS) is 12.8. The minimum Gasteiger partial charge on any atom is -0.484 e. The predicted octanol–water partition coefficient (Wildman–Crippen LogP) is 0.707. The smallest absolute Gasteiger partial charge is 0.258 e. The van der Waals surface area contributed by atoms with E-state index >= 15 is 0 Å². The number of amides is 1. The second-order valence-corrected chi connectivity index (χ2v) is 3.65. The van der Waals surface area contributed by atoms with Crippen LogP contribution in [0.15, 0.2) is 35.5 Å². The molecule has 0 fully saturated rings. The van der Waals surface area contributed by atoms with Gasteiger partial charge in [-0.25, -0.2) is 0 Å². The van der Waals surface area contributed by atoms with Crippen molar-refractivity contribution in [1.29, 1.82) is 0 Å². The fourth-order valence-corrected chi connectivity index (χ4v) is 1.36. The van der Waals surface area contributed by atoms with E-state index in [0.29, 0.717) is 12.2 Å². The number of carbonyl (C=O) groups excluding carboxylic acids is 1. The molecule has 1 aromatic rings. The average Bonchev–Trinajstić information content (AvgIpc) is 2.42. The quantitative estimate of drug-likeness (QED) is 0.300. The van der Waals surface area contributed by atoms with E-state index in [-0.39, 0.29) is 18.3 Å². The van der Waals surface area contributed by atoms with Crippen LogP contribution in [0.1, 0.15) is 13.3 Å². The van der Waals surface area contributed by atoms with E-state index in [1.165, 1.54) is 0 Å².